The first kappa shape index (κ1) is 27.4. The Bertz CT molecular complexity index is 983. The largest absolute Gasteiger partial charge is 0.480 e. The summed E-state index contributed by atoms with van der Waals surface area (Å²) in [4.78, 5) is 55.9. The zero-order chi connectivity index (χ0) is 26.0. The molecule has 2 aromatic rings. The standard InChI is InChI=1S/C22H30N6O7/c1-12(30)18(28-19(31)15(23)8-14-9-24-11-25-14)21(33)27-17(10-29)20(32)26-16(22(34)35)7-13-5-3-2-4-6-13/h2-6,9,11-12,15-18,29-30H,7-8,10,23H2,1H3,(H,24,25)(H,26,32)(H,27,33)(H,28,31)(H,34,35). The predicted molar refractivity (Wildman–Crippen MR) is 123 cm³/mol. The summed E-state index contributed by atoms with van der Waals surface area (Å²) in [5.41, 5.74) is 7.10. The van der Waals surface area contributed by atoms with Crippen LogP contribution < -0.4 is 21.7 Å². The molecule has 5 atom stereocenters. The molecule has 1 heterocycles. The van der Waals surface area contributed by atoms with Crippen molar-refractivity contribution in [2.75, 3.05) is 6.61 Å². The molecule has 0 aliphatic carbocycles. The van der Waals surface area contributed by atoms with E-state index in [1.54, 1.807) is 30.3 Å². The Hall–Kier alpha value is -3.81. The first-order valence-electron chi connectivity index (χ1n) is 10.8. The van der Waals surface area contributed by atoms with Crippen LogP contribution in [0.15, 0.2) is 42.9 Å². The number of aliphatic hydroxyl groups excluding tert-OH is 2. The molecule has 5 unspecified atom stereocenters. The van der Waals surface area contributed by atoms with Gasteiger partial charge in [0.1, 0.15) is 18.1 Å². The van der Waals surface area contributed by atoms with E-state index in [2.05, 4.69) is 25.9 Å². The van der Waals surface area contributed by atoms with E-state index < -0.39 is 60.6 Å². The predicted octanol–water partition coefficient (Wildman–Crippen LogP) is -2.57. The van der Waals surface area contributed by atoms with Gasteiger partial charge in [-0.3, -0.25) is 14.4 Å². The minimum absolute atomic E-state index is 0.0193. The quantitative estimate of drug-likeness (QED) is 0.148. The second-order valence-corrected chi connectivity index (χ2v) is 7.95. The number of aromatic amines is 1. The Morgan fingerprint density at radius 2 is 1.66 bits per heavy atom. The van der Waals surface area contributed by atoms with Gasteiger partial charge < -0.3 is 42.0 Å². The van der Waals surface area contributed by atoms with Crippen molar-refractivity contribution in [2.24, 2.45) is 5.73 Å². The van der Waals surface area contributed by atoms with Crippen molar-refractivity contribution >= 4 is 23.7 Å². The highest BCUT2D eigenvalue weighted by atomic mass is 16.4. The zero-order valence-electron chi connectivity index (χ0n) is 19.0. The summed E-state index contributed by atoms with van der Waals surface area (Å²) < 4.78 is 0. The lowest BCUT2D eigenvalue weighted by atomic mass is 10.1. The van der Waals surface area contributed by atoms with E-state index in [0.29, 0.717) is 11.3 Å². The molecule has 0 saturated heterocycles. The van der Waals surface area contributed by atoms with Crippen molar-refractivity contribution in [3.05, 3.63) is 54.1 Å². The minimum atomic E-state index is -1.53. The Labute approximate surface area is 201 Å². The van der Waals surface area contributed by atoms with Gasteiger partial charge >= 0.3 is 5.97 Å². The highest BCUT2D eigenvalue weighted by molar-refractivity contribution is 5.94. The average molecular weight is 491 g/mol. The van der Waals surface area contributed by atoms with Crippen LogP contribution in [0.5, 0.6) is 0 Å². The summed E-state index contributed by atoms with van der Waals surface area (Å²) in [5.74, 6) is -3.95. The second-order valence-electron chi connectivity index (χ2n) is 7.95. The number of hydrogen-bond donors (Lipinski definition) is 8. The molecule has 0 saturated carbocycles. The summed E-state index contributed by atoms with van der Waals surface area (Å²) in [7, 11) is 0. The number of nitrogens with one attached hydrogen (secondary N) is 4. The lowest BCUT2D eigenvalue weighted by Gasteiger charge is -2.25. The fraction of sp³-hybridized carbons (Fsp3) is 0.409. The third-order valence-electron chi connectivity index (χ3n) is 5.11. The van der Waals surface area contributed by atoms with Gasteiger partial charge in [0, 0.05) is 24.7 Å². The summed E-state index contributed by atoms with van der Waals surface area (Å²) >= 11 is 0. The van der Waals surface area contributed by atoms with Crippen LogP contribution in [0.25, 0.3) is 0 Å². The van der Waals surface area contributed by atoms with E-state index in [9.17, 15) is 34.5 Å². The maximum atomic E-state index is 12.7. The number of aliphatic hydroxyl groups is 2. The molecule has 0 radical (unpaired) electrons. The summed E-state index contributed by atoms with van der Waals surface area (Å²) in [6.07, 6.45) is 1.61. The third-order valence-corrected chi connectivity index (χ3v) is 5.11. The van der Waals surface area contributed by atoms with Gasteiger partial charge in [-0.1, -0.05) is 30.3 Å². The van der Waals surface area contributed by atoms with Crippen LogP contribution in [0.1, 0.15) is 18.2 Å². The molecule has 1 aromatic carbocycles. The lowest BCUT2D eigenvalue weighted by molar-refractivity contribution is -0.142. The molecule has 1 aromatic heterocycles. The molecule has 0 bridgehead atoms. The van der Waals surface area contributed by atoms with Crippen LogP contribution in [0.3, 0.4) is 0 Å². The second kappa shape index (κ2) is 13.2. The number of carbonyl (C=O) groups excluding carboxylic acids is 3. The van der Waals surface area contributed by atoms with Crippen molar-refractivity contribution < 1.29 is 34.5 Å². The lowest BCUT2D eigenvalue weighted by Crippen LogP contribution is -2.60. The Morgan fingerprint density at radius 1 is 1.00 bits per heavy atom. The number of carbonyl (C=O) groups is 4. The SMILES string of the molecule is CC(O)C(NC(=O)C(N)Cc1cnc[nH]1)C(=O)NC(CO)C(=O)NC(Cc1ccccc1)C(=O)O. The Balaban J connectivity index is 2.00. The van der Waals surface area contributed by atoms with Gasteiger partial charge in [0.15, 0.2) is 0 Å². The number of carboxylic acids is 1. The number of nitrogens with zero attached hydrogens (tertiary/aromatic N) is 1. The van der Waals surface area contributed by atoms with Gasteiger partial charge in [-0.25, -0.2) is 9.78 Å². The van der Waals surface area contributed by atoms with Crippen molar-refractivity contribution in [2.45, 2.75) is 50.0 Å². The van der Waals surface area contributed by atoms with Gasteiger partial charge in [-0.05, 0) is 12.5 Å². The highest BCUT2D eigenvalue weighted by Crippen LogP contribution is 2.05. The first-order chi connectivity index (χ1) is 16.6. The smallest absolute Gasteiger partial charge is 0.326 e. The van der Waals surface area contributed by atoms with Crippen LogP contribution in [-0.4, -0.2) is 85.9 Å². The zero-order valence-corrected chi connectivity index (χ0v) is 19.0. The van der Waals surface area contributed by atoms with Crippen LogP contribution in [0.2, 0.25) is 0 Å². The van der Waals surface area contributed by atoms with Gasteiger partial charge in [-0.2, -0.15) is 0 Å². The number of imidazole rings is 1. The van der Waals surface area contributed by atoms with Crippen LogP contribution in [0, 0.1) is 0 Å². The summed E-state index contributed by atoms with van der Waals surface area (Å²) in [6.45, 7) is 0.397. The molecular weight excluding hydrogens is 460 g/mol. The number of aliphatic carboxylic acids is 1. The number of aromatic nitrogens is 2. The Morgan fingerprint density at radius 3 is 2.20 bits per heavy atom. The molecule has 2 rings (SSSR count). The summed E-state index contributed by atoms with van der Waals surface area (Å²) in [5, 5.41) is 35.9. The number of benzene rings is 1. The molecule has 13 nitrogen and oxygen atoms in total. The molecule has 0 fully saturated rings. The third kappa shape index (κ3) is 8.48. The first-order valence-corrected chi connectivity index (χ1v) is 10.8. The number of nitrogens with two attached hydrogens (primary N) is 1. The monoisotopic (exact) mass is 490 g/mol. The number of carboxylic acid groups (broad SMARTS) is 1. The number of amides is 3. The van der Waals surface area contributed by atoms with E-state index >= 15 is 0 Å². The van der Waals surface area contributed by atoms with E-state index in [-0.39, 0.29) is 12.8 Å². The van der Waals surface area contributed by atoms with Gasteiger partial charge in [0.05, 0.1) is 25.1 Å². The molecule has 35 heavy (non-hydrogen) atoms. The number of rotatable bonds is 13. The topological polar surface area (TPSA) is 220 Å². The Kier molecular flexibility index (Phi) is 10.3. The molecule has 0 aliphatic heterocycles. The molecule has 9 N–H and O–H groups in total. The van der Waals surface area contributed by atoms with Crippen molar-refractivity contribution in [3.63, 3.8) is 0 Å². The average Bonchev–Trinajstić information content (AvgIpc) is 3.33. The maximum Gasteiger partial charge on any atom is 0.326 e. The maximum absolute atomic E-state index is 12.7. The van der Waals surface area contributed by atoms with E-state index in [4.69, 9.17) is 5.73 Å². The fourth-order valence-corrected chi connectivity index (χ4v) is 3.17. The number of hydrogen-bond acceptors (Lipinski definition) is 8. The van der Waals surface area contributed by atoms with E-state index in [0.717, 1.165) is 0 Å². The van der Waals surface area contributed by atoms with Gasteiger partial charge in [0.25, 0.3) is 0 Å². The molecule has 13 heteroatoms. The van der Waals surface area contributed by atoms with Crippen LogP contribution in [-0.2, 0) is 32.0 Å². The van der Waals surface area contributed by atoms with Crippen molar-refractivity contribution in [1.29, 1.82) is 0 Å². The van der Waals surface area contributed by atoms with E-state index in [1.165, 1.54) is 19.4 Å². The normalized spacial score (nSPS) is 15.2. The molecular formula is C22H30N6O7. The van der Waals surface area contributed by atoms with E-state index in [1.807, 2.05) is 0 Å². The van der Waals surface area contributed by atoms with Crippen LogP contribution >= 0.6 is 0 Å². The minimum Gasteiger partial charge on any atom is -0.480 e. The van der Waals surface area contributed by atoms with Crippen LogP contribution in [0.4, 0.5) is 0 Å². The fourth-order valence-electron chi connectivity index (χ4n) is 3.17. The van der Waals surface area contributed by atoms with Crippen molar-refractivity contribution in [3.8, 4) is 0 Å². The molecule has 3 amide bonds. The van der Waals surface area contributed by atoms with Crippen molar-refractivity contribution in [1.82, 2.24) is 25.9 Å². The highest BCUT2D eigenvalue weighted by Gasteiger charge is 2.32. The number of H-pyrrole nitrogens is 1. The van der Waals surface area contributed by atoms with Gasteiger partial charge in [0.2, 0.25) is 17.7 Å². The van der Waals surface area contributed by atoms with Gasteiger partial charge in [-0.15, -0.1) is 0 Å². The molecule has 190 valence electrons. The molecule has 0 aliphatic rings. The molecule has 0 spiro atoms. The summed E-state index contributed by atoms with van der Waals surface area (Å²) in [6, 6.07) is 3.20.